The first-order valence-corrected chi connectivity index (χ1v) is 6.59. The second kappa shape index (κ2) is 6.06. The van der Waals surface area contributed by atoms with Gasteiger partial charge in [0.05, 0.1) is 0 Å². The van der Waals surface area contributed by atoms with Gasteiger partial charge in [-0.05, 0) is 43.5 Å². The first-order valence-electron chi connectivity index (χ1n) is 6.59. The number of carbonyl (C=O) groups excluding carboxylic acids is 1. The minimum Gasteiger partial charge on any atom is -0.508 e. The lowest BCUT2D eigenvalue weighted by Crippen LogP contribution is -2.41. The molecule has 1 amide bonds. The summed E-state index contributed by atoms with van der Waals surface area (Å²) in [5, 5.41) is 9.69. The summed E-state index contributed by atoms with van der Waals surface area (Å²) >= 11 is 0. The Morgan fingerprint density at radius 3 is 2.53 bits per heavy atom. The molecule has 0 atom stereocenters. The van der Waals surface area contributed by atoms with E-state index in [4.69, 9.17) is 5.73 Å². The molecular weight excluding hydrogens is 240 g/mol. The maximum absolute atomic E-state index is 12.4. The van der Waals surface area contributed by atoms with E-state index in [1.165, 1.54) is 6.07 Å². The predicted molar refractivity (Wildman–Crippen MR) is 77.3 cm³/mol. The molecule has 0 aromatic heterocycles. The van der Waals surface area contributed by atoms with Crippen molar-refractivity contribution in [1.29, 1.82) is 0 Å². The zero-order valence-corrected chi connectivity index (χ0v) is 12.2. The number of phenols is 1. The van der Waals surface area contributed by atoms with Gasteiger partial charge in [0.15, 0.2) is 0 Å². The number of rotatable bonds is 5. The molecule has 0 spiro atoms. The van der Waals surface area contributed by atoms with E-state index in [-0.39, 0.29) is 17.1 Å². The molecule has 4 heteroatoms. The Balaban J connectivity index is 2.92. The molecule has 0 heterocycles. The highest BCUT2D eigenvalue weighted by molar-refractivity contribution is 5.94. The van der Waals surface area contributed by atoms with Crippen LogP contribution in [-0.4, -0.2) is 35.5 Å². The summed E-state index contributed by atoms with van der Waals surface area (Å²) in [6.07, 6.45) is 0. The standard InChI is InChI=1S/C15H24N2O2/c1-5-17(10-15(3,4)9-16)14(19)12-7-6-11(2)13(18)8-12/h6-8,18H,5,9-10,16H2,1-4H3. The SMILES string of the molecule is CCN(CC(C)(C)CN)C(=O)c1ccc(C)c(O)c1. The number of aromatic hydroxyl groups is 1. The third kappa shape index (κ3) is 3.96. The molecule has 0 saturated heterocycles. The lowest BCUT2D eigenvalue weighted by molar-refractivity contribution is 0.0700. The summed E-state index contributed by atoms with van der Waals surface area (Å²) < 4.78 is 0. The number of nitrogens with two attached hydrogens (primary N) is 1. The van der Waals surface area contributed by atoms with Crippen LogP contribution in [0.1, 0.15) is 36.7 Å². The number of hydrogen-bond acceptors (Lipinski definition) is 3. The van der Waals surface area contributed by atoms with Crippen molar-refractivity contribution in [1.82, 2.24) is 4.90 Å². The van der Waals surface area contributed by atoms with Gasteiger partial charge in [-0.2, -0.15) is 0 Å². The van der Waals surface area contributed by atoms with Gasteiger partial charge in [0.2, 0.25) is 0 Å². The first-order chi connectivity index (χ1) is 8.80. The maximum Gasteiger partial charge on any atom is 0.253 e. The summed E-state index contributed by atoms with van der Waals surface area (Å²) in [5.74, 6) is 0.0827. The van der Waals surface area contributed by atoms with Crippen molar-refractivity contribution >= 4 is 5.91 Å². The third-order valence-corrected chi connectivity index (χ3v) is 3.30. The van der Waals surface area contributed by atoms with Gasteiger partial charge in [0.1, 0.15) is 5.75 Å². The molecule has 0 aliphatic carbocycles. The molecule has 0 unspecified atom stereocenters. The van der Waals surface area contributed by atoms with Gasteiger partial charge < -0.3 is 15.7 Å². The Morgan fingerprint density at radius 2 is 2.05 bits per heavy atom. The van der Waals surface area contributed by atoms with E-state index in [2.05, 4.69) is 0 Å². The number of amides is 1. The fraction of sp³-hybridized carbons (Fsp3) is 0.533. The Hall–Kier alpha value is -1.55. The molecule has 106 valence electrons. The topological polar surface area (TPSA) is 66.6 Å². The molecular formula is C15H24N2O2. The Kier molecular flexibility index (Phi) is 4.95. The second-order valence-corrected chi connectivity index (χ2v) is 5.69. The van der Waals surface area contributed by atoms with Crippen molar-refractivity contribution in [3.63, 3.8) is 0 Å². The van der Waals surface area contributed by atoms with Crippen LogP contribution < -0.4 is 5.73 Å². The van der Waals surface area contributed by atoms with Crippen LogP contribution >= 0.6 is 0 Å². The van der Waals surface area contributed by atoms with Gasteiger partial charge >= 0.3 is 0 Å². The van der Waals surface area contributed by atoms with E-state index in [0.717, 1.165) is 5.56 Å². The van der Waals surface area contributed by atoms with E-state index < -0.39 is 0 Å². The third-order valence-electron chi connectivity index (χ3n) is 3.30. The van der Waals surface area contributed by atoms with Crippen LogP contribution in [0.15, 0.2) is 18.2 Å². The normalized spacial score (nSPS) is 11.4. The van der Waals surface area contributed by atoms with E-state index in [1.807, 2.05) is 20.8 Å². The monoisotopic (exact) mass is 264 g/mol. The molecule has 4 nitrogen and oxygen atoms in total. The molecule has 0 fully saturated rings. The Bertz CT molecular complexity index is 455. The lowest BCUT2D eigenvalue weighted by atomic mass is 9.93. The average Bonchev–Trinajstić information content (AvgIpc) is 2.38. The summed E-state index contributed by atoms with van der Waals surface area (Å²) in [6.45, 7) is 9.57. The lowest BCUT2D eigenvalue weighted by Gasteiger charge is -2.31. The second-order valence-electron chi connectivity index (χ2n) is 5.69. The molecule has 0 bridgehead atoms. The molecule has 3 N–H and O–H groups in total. The molecule has 1 aromatic rings. The van der Waals surface area contributed by atoms with E-state index in [1.54, 1.807) is 24.0 Å². The first kappa shape index (κ1) is 15.5. The summed E-state index contributed by atoms with van der Waals surface area (Å²) in [5.41, 5.74) is 6.88. The van der Waals surface area contributed by atoms with E-state index in [0.29, 0.717) is 25.2 Å². The Labute approximate surface area is 115 Å². The van der Waals surface area contributed by atoms with Gasteiger partial charge in [-0.1, -0.05) is 19.9 Å². The van der Waals surface area contributed by atoms with Crippen LogP contribution in [0.3, 0.4) is 0 Å². The van der Waals surface area contributed by atoms with Gasteiger partial charge in [0.25, 0.3) is 5.91 Å². The van der Waals surface area contributed by atoms with Crippen molar-refractivity contribution in [2.45, 2.75) is 27.7 Å². The number of benzene rings is 1. The van der Waals surface area contributed by atoms with Crippen LogP contribution in [0, 0.1) is 12.3 Å². The largest absolute Gasteiger partial charge is 0.508 e. The van der Waals surface area contributed by atoms with Crippen LogP contribution in [0.25, 0.3) is 0 Å². The molecule has 0 aliphatic heterocycles. The zero-order valence-electron chi connectivity index (χ0n) is 12.2. The molecule has 1 aromatic carbocycles. The summed E-state index contributed by atoms with van der Waals surface area (Å²) in [6, 6.07) is 5.02. The molecule has 0 radical (unpaired) electrons. The molecule has 0 aliphatic rings. The highest BCUT2D eigenvalue weighted by Gasteiger charge is 2.23. The van der Waals surface area contributed by atoms with E-state index >= 15 is 0 Å². The van der Waals surface area contributed by atoms with Crippen molar-refractivity contribution in [2.75, 3.05) is 19.6 Å². The molecule has 1 rings (SSSR count). The summed E-state index contributed by atoms with van der Waals surface area (Å²) in [7, 11) is 0. The maximum atomic E-state index is 12.4. The fourth-order valence-electron chi connectivity index (χ4n) is 1.83. The van der Waals surface area contributed by atoms with Gasteiger partial charge in [-0.25, -0.2) is 0 Å². The highest BCUT2D eigenvalue weighted by atomic mass is 16.3. The highest BCUT2D eigenvalue weighted by Crippen LogP contribution is 2.21. The van der Waals surface area contributed by atoms with Crippen LogP contribution in [-0.2, 0) is 0 Å². The Morgan fingerprint density at radius 1 is 1.42 bits per heavy atom. The van der Waals surface area contributed by atoms with Crippen molar-refractivity contribution in [3.05, 3.63) is 29.3 Å². The van der Waals surface area contributed by atoms with Crippen molar-refractivity contribution in [3.8, 4) is 5.75 Å². The minimum absolute atomic E-state index is 0.0701. The van der Waals surface area contributed by atoms with E-state index in [9.17, 15) is 9.90 Å². The smallest absolute Gasteiger partial charge is 0.253 e. The number of aryl methyl sites for hydroxylation is 1. The number of nitrogens with zero attached hydrogens (tertiary/aromatic N) is 1. The summed E-state index contributed by atoms with van der Waals surface area (Å²) in [4.78, 5) is 14.2. The van der Waals surface area contributed by atoms with Crippen molar-refractivity contribution < 1.29 is 9.90 Å². The van der Waals surface area contributed by atoms with Crippen molar-refractivity contribution in [2.24, 2.45) is 11.1 Å². The molecule has 19 heavy (non-hydrogen) atoms. The van der Waals surface area contributed by atoms with Crippen LogP contribution in [0.4, 0.5) is 0 Å². The fourth-order valence-corrected chi connectivity index (χ4v) is 1.83. The molecule has 0 saturated carbocycles. The average molecular weight is 264 g/mol. The predicted octanol–water partition coefficient (Wildman–Crippen LogP) is 2.15. The van der Waals surface area contributed by atoms with Gasteiger partial charge in [0, 0.05) is 18.7 Å². The van der Waals surface area contributed by atoms with Gasteiger partial charge in [-0.3, -0.25) is 4.79 Å². The number of hydrogen-bond donors (Lipinski definition) is 2. The quantitative estimate of drug-likeness (QED) is 0.856. The minimum atomic E-state index is -0.113. The number of phenolic OH excluding ortho intramolecular Hbond substituents is 1. The van der Waals surface area contributed by atoms with Crippen LogP contribution in [0.2, 0.25) is 0 Å². The zero-order chi connectivity index (χ0) is 14.6. The van der Waals surface area contributed by atoms with Crippen LogP contribution in [0.5, 0.6) is 5.75 Å². The van der Waals surface area contributed by atoms with Gasteiger partial charge in [-0.15, -0.1) is 0 Å². The number of carbonyl (C=O) groups is 1.